The lowest BCUT2D eigenvalue weighted by Crippen LogP contribution is -2.40. The number of fused-ring (bicyclic) bond motifs is 1. The number of anilines is 1. The maximum Gasteiger partial charge on any atom is 0.345 e. The standard InChI is InChI=1S/C12H9N3O5S/c16-11(14-12-13-5-10(21-12)15(17)18)9-6-19-7-3-1-2-4-8(7)20-9/h1-5,9H,6H2,(H,13,14,16)/t9-/m1/s1. The summed E-state index contributed by atoms with van der Waals surface area (Å²) in [5, 5.41) is 13.0. The van der Waals surface area contributed by atoms with Crippen LogP contribution < -0.4 is 14.8 Å². The second kappa shape index (κ2) is 5.37. The summed E-state index contributed by atoms with van der Waals surface area (Å²) in [5.74, 6) is 0.592. The predicted octanol–water partition coefficient (Wildman–Crippen LogP) is 1.83. The van der Waals surface area contributed by atoms with Gasteiger partial charge in [0.05, 0.1) is 4.92 Å². The van der Waals surface area contributed by atoms with Crippen molar-refractivity contribution in [1.29, 1.82) is 0 Å². The van der Waals surface area contributed by atoms with Crippen LogP contribution in [0, 0.1) is 10.1 Å². The number of hydrogen-bond acceptors (Lipinski definition) is 7. The lowest BCUT2D eigenvalue weighted by Gasteiger charge is -2.25. The van der Waals surface area contributed by atoms with Crippen molar-refractivity contribution in [3.8, 4) is 11.5 Å². The third-order valence-corrected chi connectivity index (χ3v) is 3.57. The molecule has 0 radical (unpaired) electrons. The van der Waals surface area contributed by atoms with E-state index in [1.54, 1.807) is 24.3 Å². The number of carbonyl (C=O) groups is 1. The molecular weight excluding hydrogens is 298 g/mol. The summed E-state index contributed by atoms with van der Waals surface area (Å²) in [4.78, 5) is 25.8. The van der Waals surface area contributed by atoms with Crippen molar-refractivity contribution in [3.05, 3.63) is 40.6 Å². The molecule has 1 aliphatic heterocycles. The topological polar surface area (TPSA) is 104 Å². The Balaban J connectivity index is 1.67. The van der Waals surface area contributed by atoms with Crippen LogP contribution in [0.3, 0.4) is 0 Å². The average molecular weight is 307 g/mol. The number of aromatic nitrogens is 1. The van der Waals surface area contributed by atoms with Gasteiger partial charge < -0.3 is 9.47 Å². The number of carbonyl (C=O) groups excluding carboxylic acids is 1. The van der Waals surface area contributed by atoms with Crippen molar-refractivity contribution in [2.75, 3.05) is 11.9 Å². The molecule has 0 saturated carbocycles. The minimum atomic E-state index is -0.831. The van der Waals surface area contributed by atoms with Gasteiger partial charge in [-0.25, -0.2) is 4.98 Å². The molecular formula is C12H9N3O5S. The Morgan fingerprint density at radius 2 is 2.19 bits per heavy atom. The number of nitro groups is 1. The first-order valence-corrected chi connectivity index (χ1v) is 6.75. The Morgan fingerprint density at radius 1 is 1.43 bits per heavy atom. The van der Waals surface area contributed by atoms with Gasteiger partial charge >= 0.3 is 5.00 Å². The first kappa shape index (κ1) is 13.3. The van der Waals surface area contributed by atoms with Gasteiger partial charge in [0.25, 0.3) is 5.91 Å². The van der Waals surface area contributed by atoms with Gasteiger partial charge in [0.1, 0.15) is 12.8 Å². The molecule has 1 amide bonds. The number of amides is 1. The van der Waals surface area contributed by atoms with Crippen molar-refractivity contribution in [1.82, 2.24) is 4.98 Å². The molecule has 9 heteroatoms. The minimum Gasteiger partial charge on any atom is -0.485 e. The average Bonchev–Trinajstić information content (AvgIpc) is 2.95. The quantitative estimate of drug-likeness (QED) is 0.685. The molecule has 0 saturated heterocycles. The summed E-state index contributed by atoms with van der Waals surface area (Å²) in [5.41, 5.74) is 0. The Hall–Kier alpha value is -2.68. The second-order valence-electron chi connectivity index (χ2n) is 4.11. The highest BCUT2D eigenvalue weighted by Gasteiger charge is 2.28. The number of rotatable bonds is 3. The third kappa shape index (κ3) is 2.77. The predicted molar refractivity (Wildman–Crippen MR) is 73.8 cm³/mol. The highest BCUT2D eigenvalue weighted by molar-refractivity contribution is 7.18. The van der Waals surface area contributed by atoms with Crippen molar-refractivity contribution < 1.29 is 19.2 Å². The summed E-state index contributed by atoms with van der Waals surface area (Å²) in [7, 11) is 0. The number of benzene rings is 1. The minimum absolute atomic E-state index is 0.0658. The van der Waals surface area contributed by atoms with Crippen LogP contribution in [0.4, 0.5) is 10.1 Å². The van der Waals surface area contributed by atoms with E-state index >= 15 is 0 Å². The maximum atomic E-state index is 12.0. The molecule has 0 unspecified atom stereocenters. The lowest BCUT2D eigenvalue weighted by atomic mass is 10.2. The van der Waals surface area contributed by atoms with Gasteiger partial charge in [-0.15, -0.1) is 0 Å². The van der Waals surface area contributed by atoms with E-state index in [9.17, 15) is 14.9 Å². The summed E-state index contributed by atoms with van der Waals surface area (Å²) in [6.07, 6.45) is 0.260. The summed E-state index contributed by atoms with van der Waals surface area (Å²) < 4.78 is 11.0. The van der Waals surface area contributed by atoms with E-state index < -0.39 is 16.9 Å². The largest absolute Gasteiger partial charge is 0.485 e. The van der Waals surface area contributed by atoms with Crippen LogP contribution >= 0.6 is 11.3 Å². The zero-order chi connectivity index (χ0) is 14.8. The fraction of sp³-hybridized carbons (Fsp3) is 0.167. The van der Waals surface area contributed by atoms with E-state index in [2.05, 4.69) is 10.3 Å². The van der Waals surface area contributed by atoms with Crippen LogP contribution in [0.5, 0.6) is 11.5 Å². The third-order valence-electron chi connectivity index (χ3n) is 2.70. The van der Waals surface area contributed by atoms with Crippen molar-refractivity contribution >= 4 is 27.4 Å². The molecule has 0 spiro atoms. The molecule has 1 aromatic heterocycles. The first-order chi connectivity index (χ1) is 10.1. The number of para-hydroxylation sites is 2. The highest BCUT2D eigenvalue weighted by Crippen LogP contribution is 2.31. The maximum absolute atomic E-state index is 12.0. The molecule has 0 aliphatic carbocycles. The van der Waals surface area contributed by atoms with Gasteiger partial charge in [0.2, 0.25) is 6.10 Å². The fourth-order valence-corrected chi connectivity index (χ4v) is 2.38. The number of thiazole rings is 1. The van der Waals surface area contributed by atoms with Crippen molar-refractivity contribution in [3.63, 3.8) is 0 Å². The Labute approximate surface area is 122 Å². The highest BCUT2D eigenvalue weighted by atomic mass is 32.1. The second-order valence-corrected chi connectivity index (χ2v) is 5.12. The number of nitrogens with zero attached hydrogens (tertiary/aromatic N) is 2. The van der Waals surface area contributed by atoms with Gasteiger partial charge in [-0.1, -0.05) is 12.1 Å². The van der Waals surface area contributed by atoms with Crippen LogP contribution in [0.15, 0.2) is 30.5 Å². The fourth-order valence-electron chi connectivity index (χ4n) is 1.74. The molecule has 108 valence electrons. The van der Waals surface area contributed by atoms with Gasteiger partial charge in [-0.05, 0) is 23.5 Å². The molecule has 0 fully saturated rings. The van der Waals surface area contributed by atoms with Gasteiger partial charge in [-0.2, -0.15) is 0 Å². The number of ether oxygens (including phenoxy) is 2. The van der Waals surface area contributed by atoms with Crippen LogP contribution in [-0.4, -0.2) is 28.5 Å². The summed E-state index contributed by atoms with van der Waals surface area (Å²) >= 11 is 0.780. The summed E-state index contributed by atoms with van der Waals surface area (Å²) in [6, 6.07) is 7.01. The Bertz CT molecular complexity index is 702. The summed E-state index contributed by atoms with van der Waals surface area (Å²) in [6.45, 7) is 0.0658. The molecule has 1 aromatic carbocycles. The first-order valence-electron chi connectivity index (χ1n) is 5.93. The van der Waals surface area contributed by atoms with Crippen molar-refractivity contribution in [2.45, 2.75) is 6.10 Å². The Morgan fingerprint density at radius 3 is 2.90 bits per heavy atom. The molecule has 3 rings (SSSR count). The SMILES string of the molecule is O=C(Nc1ncc([N+](=O)[O-])s1)[C@H]1COc2ccccc2O1. The molecule has 1 aliphatic rings. The van der Waals surface area contributed by atoms with E-state index in [4.69, 9.17) is 9.47 Å². The van der Waals surface area contributed by atoms with Gasteiger partial charge in [-0.3, -0.25) is 20.2 Å². The van der Waals surface area contributed by atoms with E-state index in [-0.39, 0.29) is 16.7 Å². The van der Waals surface area contributed by atoms with E-state index in [0.29, 0.717) is 11.5 Å². The Kier molecular flexibility index (Phi) is 3.40. The van der Waals surface area contributed by atoms with Crippen LogP contribution in [0.2, 0.25) is 0 Å². The van der Waals surface area contributed by atoms with Gasteiger partial charge in [0, 0.05) is 0 Å². The van der Waals surface area contributed by atoms with E-state index in [1.165, 1.54) is 0 Å². The normalized spacial score (nSPS) is 16.3. The van der Waals surface area contributed by atoms with E-state index in [1.807, 2.05) is 0 Å². The zero-order valence-electron chi connectivity index (χ0n) is 10.5. The molecule has 21 heavy (non-hydrogen) atoms. The lowest BCUT2D eigenvalue weighted by molar-refractivity contribution is -0.380. The van der Waals surface area contributed by atoms with E-state index in [0.717, 1.165) is 17.5 Å². The van der Waals surface area contributed by atoms with Crippen molar-refractivity contribution in [2.24, 2.45) is 0 Å². The number of hydrogen-bond donors (Lipinski definition) is 1. The van der Waals surface area contributed by atoms with Crippen LogP contribution in [0.1, 0.15) is 0 Å². The molecule has 2 heterocycles. The molecule has 1 atom stereocenters. The van der Waals surface area contributed by atoms with Crippen LogP contribution in [0.25, 0.3) is 0 Å². The van der Waals surface area contributed by atoms with Crippen LogP contribution in [-0.2, 0) is 4.79 Å². The molecule has 0 bridgehead atoms. The molecule has 1 N–H and O–H groups in total. The molecule has 2 aromatic rings. The number of nitrogens with one attached hydrogen (secondary N) is 1. The molecule has 8 nitrogen and oxygen atoms in total. The monoisotopic (exact) mass is 307 g/mol. The smallest absolute Gasteiger partial charge is 0.345 e. The van der Waals surface area contributed by atoms with Gasteiger partial charge in [0.15, 0.2) is 16.6 Å². The zero-order valence-corrected chi connectivity index (χ0v) is 11.3.